The maximum absolute atomic E-state index is 13.2. The van der Waals surface area contributed by atoms with Crippen molar-refractivity contribution in [1.29, 1.82) is 0 Å². The molecule has 0 radical (unpaired) electrons. The van der Waals surface area contributed by atoms with Gasteiger partial charge in [-0.3, -0.25) is 9.59 Å². The van der Waals surface area contributed by atoms with E-state index in [0.29, 0.717) is 36.2 Å². The first-order valence-corrected chi connectivity index (χ1v) is 12.4. The van der Waals surface area contributed by atoms with Crippen molar-refractivity contribution in [3.63, 3.8) is 0 Å². The van der Waals surface area contributed by atoms with Crippen molar-refractivity contribution in [2.75, 3.05) is 23.7 Å². The lowest BCUT2D eigenvalue weighted by Crippen LogP contribution is -2.36. The summed E-state index contributed by atoms with van der Waals surface area (Å²) in [7, 11) is -3.74. The molecule has 2 heterocycles. The fourth-order valence-electron chi connectivity index (χ4n) is 4.22. The van der Waals surface area contributed by atoms with Gasteiger partial charge in [-0.1, -0.05) is 40.2 Å². The largest absolute Gasteiger partial charge is 0.338 e. The Morgan fingerprint density at radius 1 is 1.03 bits per heavy atom. The summed E-state index contributed by atoms with van der Waals surface area (Å²) in [4.78, 5) is 28.1. The average Bonchev–Trinajstić information content (AvgIpc) is 3.15. The van der Waals surface area contributed by atoms with Gasteiger partial charge in [0, 0.05) is 37.5 Å². The van der Waals surface area contributed by atoms with E-state index in [1.807, 2.05) is 24.3 Å². The molecule has 0 spiro atoms. The number of hydrogen-bond acceptors (Lipinski definition) is 4. The highest BCUT2D eigenvalue weighted by Gasteiger charge is 2.32. The molecular weight excluding hydrogens is 468 g/mol. The molecule has 6 nitrogen and oxygen atoms in total. The lowest BCUT2D eigenvalue weighted by atomic mass is 10.00. The summed E-state index contributed by atoms with van der Waals surface area (Å²) in [5, 5.41) is 0. The van der Waals surface area contributed by atoms with Gasteiger partial charge in [0.25, 0.3) is 0 Å². The zero-order valence-corrected chi connectivity index (χ0v) is 19.1. The Balaban J connectivity index is 1.52. The molecule has 0 N–H and O–H groups in total. The molecule has 4 rings (SSSR count). The zero-order valence-electron chi connectivity index (χ0n) is 16.7. The molecule has 2 aliphatic rings. The zero-order chi connectivity index (χ0) is 21.5. The van der Waals surface area contributed by atoms with Gasteiger partial charge in [0.15, 0.2) is 9.84 Å². The Morgan fingerprint density at radius 2 is 1.73 bits per heavy atom. The van der Waals surface area contributed by atoms with E-state index >= 15 is 0 Å². The van der Waals surface area contributed by atoms with Crippen LogP contribution in [0.1, 0.15) is 30.0 Å². The smallest absolute Gasteiger partial charge is 0.223 e. The van der Waals surface area contributed by atoms with Crippen LogP contribution in [0.25, 0.3) is 0 Å². The highest BCUT2D eigenvalue weighted by atomic mass is 79.9. The fraction of sp³-hybridized carbons (Fsp3) is 0.364. The first kappa shape index (κ1) is 21.1. The third-order valence-electron chi connectivity index (χ3n) is 5.78. The molecule has 2 aromatic rings. The average molecular weight is 491 g/mol. The number of carbonyl (C=O) groups excluding carboxylic acids is 2. The summed E-state index contributed by atoms with van der Waals surface area (Å²) < 4.78 is 27.0. The van der Waals surface area contributed by atoms with Gasteiger partial charge in [-0.2, -0.15) is 0 Å². The lowest BCUT2D eigenvalue weighted by Gasteiger charge is -2.29. The molecule has 8 heteroatoms. The first-order valence-electron chi connectivity index (χ1n) is 9.94. The van der Waals surface area contributed by atoms with Crippen molar-refractivity contribution in [2.45, 2.75) is 37.6 Å². The van der Waals surface area contributed by atoms with Crippen LogP contribution in [0.15, 0.2) is 45.8 Å². The van der Waals surface area contributed by atoms with Crippen molar-refractivity contribution in [3.8, 4) is 0 Å². The van der Waals surface area contributed by atoms with Crippen LogP contribution in [0, 0.1) is 0 Å². The highest BCUT2D eigenvalue weighted by Crippen LogP contribution is 2.38. The quantitative estimate of drug-likeness (QED) is 0.659. The van der Waals surface area contributed by atoms with Crippen LogP contribution in [0.4, 0.5) is 5.69 Å². The number of hydrogen-bond donors (Lipinski definition) is 0. The number of benzene rings is 2. The topological polar surface area (TPSA) is 74.8 Å². The van der Waals surface area contributed by atoms with E-state index in [9.17, 15) is 18.0 Å². The van der Waals surface area contributed by atoms with E-state index in [4.69, 9.17) is 0 Å². The van der Waals surface area contributed by atoms with Crippen molar-refractivity contribution >= 4 is 43.3 Å². The Bertz CT molecular complexity index is 1130. The number of rotatable bonds is 4. The van der Waals surface area contributed by atoms with Gasteiger partial charge in [0.2, 0.25) is 11.8 Å². The molecule has 2 aliphatic heterocycles. The summed E-state index contributed by atoms with van der Waals surface area (Å²) >= 11 is 3.38. The number of sulfone groups is 1. The number of halogens is 1. The monoisotopic (exact) mass is 490 g/mol. The van der Waals surface area contributed by atoms with Crippen molar-refractivity contribution in [3.05, 3.63) is 57.6 Å². The van der Waals surface area contributed by atoms with Gasteiger partial charge >= 0.3 is 0 Å². The molecule has 158 valence electrons. The third kappa shape index (κ3) is 4.03. The minimum Gasteiger partial charge on any atom is -0.338 e. The van der Waals surface area contributed by atoms with Gasteiger partial charge in [-0.05, 0) is 41.7 Å². The summed E-state index contributed by atoms with van der Waals surface area (Å²) in [5.41, 5.74) is 3.65. The van der Waals surface area contributed by atoms with Gasteiger partial charge in [0.1, 0.15) is 0 Å². The second-order valence-corrected chi connectivity index (χ2v) is 10.7. The molecule has 30 heavy (non-hydrogen) atoms. The highest BCUT2D eigenvalue weighted by molar-refractivity contribution is 9.10. The van der Waals surface area contributed by atoms with Gasteiger partial charge < -0.3 is 9.80 Å². The Morgan fingerprint density at radius 3 is 2.47 bits per heavy atom. The van der Waals surface area contributed by atoms with Crippen LogP contribution in [0.5, 0.6) is 0 Å². The summed E-state index contributed by atoms with van der Waals surface area (Å²) in [5.74, 6) is -0.628. The Kier molecular flexibility index (Phi) is 5.72. The molecule has 2 amide bonds. The molecule has 0 aromatic heterocycles. The molecule has 0 fully saturated rings. The van der Waals surface area contributed by atoms with E-state index in [0.717, 1.165) is 17.5 Å². The van der Waals surface area contributed by atoms with E-state index in [-0.39, 0.29) is 28.9 Å². The molecule has 2 aromatic carbocycles. The van der Waals surface area contributed by atoms with E-state index in [1.165, 1.54) is 23.5 Å². The second-order valence-electron chi connectivity index (χ2n) is 7.74. The minimum atomic E-state index is -3.74. The standard InChI is InChI=1S/C22H23BrN2O4S/c1-15(26)25-10-7-17-12-19(23)13-20(22(17)25)30(28,29)11-8-21(27)24-9-6-16-4-2-3-5-18(16)14-24/h2-5,12-13H,6-11,14H2,1H3. The summed E-state index contributed by atoms with van der Waals surface area (Å²) in [6.07, 6.45) is 1.32. The van der Waals surface area contributed by atoms with Crippen LogP contribution in [-0.4, -0.2) is 44.0 Å². The molecule has 0 bridgehead atoms. The molecule has 0 atom stereocenters. The summed E-state index contributed by atoms with van der Waals surface area (Å²) in [6.45, 7) is 3.01. The minimum absolute atomic E-state index is 0.0775. The van der Waals surface area contributed by atoms with Crippen LogP contribution < -0.4 is 4.90 Å². The maximum Gasteiger partial charge on any atom is 0.223 e. The number of anilines is 1. The Labute approximate surface area is 184 Å². The lowest BCUT2D eigenvalue weighted by molar-refractivity contribution is -0.131. The van der Waals surface area contributed by atoms with E-state index in [2.05, 4.69) is 22.0 Å². The van der Waals surface area contributed by atoms with Gasteiger partial charge in [0.05, 0.1) is 16.3 Å². The number of amides is 2. The number of nitrogens with zero attached hydrogens (tertiary/aromatic N) is 2. The number of carbonyl (C=O) groups is 2. The second kappa shape index (κ2) is 8.15. The van der Waals surface area contributed by atoms with E-state index in [1.54, 1.807) is 4.90 Å². The van der Waals surface area contributed by atoms with Crippen LogP contribution >= 0.6 is 15.9 Å². The molecule has 0 saturated heterocycles. The van der Waals surface area contributed by atoms with Crippen LogP contribution in [0.3, 0.4) is 0 Å². The third-order valence-corrected chi connectivity index (χ3v) is 7.96. The van der Waals surface area contributed by atoms with Crippen LogP contribution in [0.2, 0.25) is 0 Å². The van der Waals surface area contributed by atoms with Crippen molar-refractivity contribution in [1.82, 2.24) is 4.90 Å². The van der Waals surface area contributed by atoms with Crippen molar-refractivity contribution < 1.29 is 18.0 Å². The fourth-order valence-corrected chi connectivity index (χ4v) is 6.38. The number of fused-ring (bicyclic) bond motifs is 2. The molecule has 0 saturated carbocycles. The maximum atomic E-state index is 13.2. The molecule has 0 aliphatic carbocycles. The SMILES string of the molecule is CC(=O)N1CCc2cc(Br)cc(S(=O)(=O)CCC(=O)N3CCc4ccccc4C3)c21. The van der Waals surface area contributed by atoms with Crippen molar-refractivity contribution in [2.24, 2.45) is 0 Å². The summed E-state index contributed by atoms with van der Waals surface area (Å²) in [6, 6.07) is 11.4. The normalized spacial score (nSPS) is 15.7. The predicted octanol–water partition coefficient (Wildman–Crippen LogP) is 3.11. The van der Waals surface area contributed by atoms with Gasteiger partial charge in [-0.15, -0.1) is 0 Å². The first-order chi connectivity index (χ1) is 14.3. The predicted molar refractivity (Wildman–Crippen MR) is 118 cm³/mol. The molecular formula is C22H23BrN2O4S. The molecule has 0 unspecified atom stereocenters. The van der Waals surface area contributed by atoms with E-state index < -0.39 is 9.84 Å². The van der Waals surface area contributed by atoms with Crippen LogP contribution in [-0.2, 0) is 38.8 Å². The Hall–Kier alpha value is -2.19. The van der Waals surface area contributed by atoms with Gasteiger partial charge in [-0.25, -0.2) is 8.42 Å².